The average molecular weight is 466 g/mol. The highest BCUT2D eigenvalue weighted by atomic mass is 32.1. The van der Waals surface area contributed by atoms with Crippen LogP contribution < -0.4 is 10.1 Å². The van der Waals surface area contributed by atoms with Crippen molar-refractivity contribution in [2.75, 3.05) is 32.8 Å². The van der Waals surface area contributed by atoms with Crippen molar-refractivity contribution in [1.29, 1.82) is 0 Å². The molecule has 2 aromatic rings. The molecule has 1 unspecified atom stereocenters. The Balaban J connectivity index is 1.17. The van der Waals surface area contributed by atoms with E-state index >= 15 is 0 Å². The summed E-state index contributed by atoms with van der Waals surface area (Å²) in [6.45, 7) is 6.43. The molecular formula is C27H35N3O2S. The molecule has 2 aromatic carbocycles. The van der Waals surface area contributed by atoms with Crippen LogP contribution in [0.3, 0.4) is 0 Å². The second kappa shape index (κ2) is 11.0. The fourth-order valence-corrected chi connectivity index (χ4v) is 5.27. The topological polar surface area (TPSA) is 44.8 Å². The molecule has 0 bridgehead atoms. The molecule has 5 nitrogen and oxygen atoms in total. The molecule has 0 aliphatic carbocycles. The number of nitrogens with one attached hydrogen (secondary N) is 1. The van der Waals surface area contributed by atoms with Crippen LogP contribution in [0.15, 0.2) is 60.7 Å². The van der Waals surface area contributed by atoms with Gasteiger partial charge in [-0.3, -0.25) is 4.79 Å². The number of rotatable bonds is 7. The van der Waals surface area contributed by atoms with Gasteiger partial charge in [-0.1, -0.05) is 48.5 Å². The number of hydrogen-bond donors (Lipinski definition) is 1. The van der Waals surface area contributed by atoms with E-state index in [-0.39, 0.29) is 17.4 Å². The van der Waals surface area contributed by atoms with E-state index in [9.17, 15) is 4.79 Å². The van der Waals surface area contributed by atoms with E-state index in [2.05, 4.69) is 41.4 Å². The molecule has 2 aliphatic heterocycles. The van der Waals surface area contributed by atoms with E-state index < -0.39 is 0 Å². The second-order valence-corrected chi connectivity index (χ2v) is 9.79. The number of benzene rings is 2. The van der Waals surface area contributed by atoms with Gasteiger partial charge in [0.15, 0.2) is 5.11 Å². The standard InChI is InChI=1S/C27H35N3O2S/c1-22(23-9-4-2-5-10-23)28-26(33)30-19-16-27(21-30)14-17-29(18-15-27)25(31)13-8-20-32-24-11-6-3-7-12-24/h2-7,9-12,22H,8,13-21H2,1H3,(H,28,33). The molecule has 2 saturated heterocycles. The van der Waals surface area contributed by atoms with Crippen LogP contribution in [0, 0.1) is 5.41 Å². The van der Waals surface area contributed by atoms with Crippen molar-refractivity contribution >= 4 is 23.2 Å². The molecule has 176 valence electrons. The van der Waals surface area contributed by atoms with Crippen molar-refractivity contribution in [3.63, 3.8) is 0 Å². The third-order valence-electron chi connectivity index (χ3n) is 7.09. The van der Waals surface area contributed by atoms with Crippen LogP contribution in [0.25, 0.3) is 0 Å². The minimum absolute atomic E-state index is 0.195. The molecule has 2 fully saturated rings. The molecule has 0 saturated carbocycles. The van der Waals surface area contributed by atoms with E-state index in [4.69, 9.17) is 17.0 Å². The predicted molar refractivity (Wildman–Crippen MR) is 136 cm³/mol. The molecule has 1 spiro atoms. The van der Waals surface area contributed by atoms with Gasteiger partial charge < -0.3 is 19.9 Å². The molecule has 2 aliphatic rings. The Hall–Kier alpha value is -2.60. The van der Waals surface area contributed by atoms with E-state index in [0.717, 1.165) is 62.7 Å². The van der Waals surface area contributed by atoms with Crippen molar-refractivity contribution in [3.05, 3.63) is 66.2 Å². The smallest absolute Gasteiger partial charge is 0.222 e. The van der Waals surface area contributed by atoms with Crippen LogP contribution in [-0.2, 0) is 4.79 Å². The highest BCUT2D eigenvalue weighted by molar-refractivity contribution is 7.80. The van der Waals surface area contributed by atoms with Crippen LogP contribution >= 0.6 is 12.2 Å². The number of carbonyl (C=O) groups is 1. The number of para-hydroxylation sites is 1. The Kier molecular flexibility index (Phi) is 7.86. The zero-order valence-corrected chi connectivity index (χ0v) is 20.4. The van der Waals surface area contributed by atoms with Gasteiger partial charge >= 0.3 is 0 Å². The second-order valence-electron chi connectivity index (χ2n) is 9.40. The van der Waals surface area contributed by atoms with Gasteiger partial charge in [0.2, 0.25) is 5.91 Å². The number of hydrogen-bond acceptors (Lipinski definition) is 3. The molecule has 2 heterocycles. The van der Waals surface area contributed by atoms with Crippen LogP contribution in [-0.4, -0.2) is 53.6 Å². The number of amides is 1. The van der Waals surface area contributed by atoms with Crippen LogP contribution in [0.4, 0.5) is 0 Å². The third-order valence-corrected chi connectivity index (χ3v) is 7.46. The Bertz CT molecular complexity index is 913. The third kappa shape index (κ3) is 6.26. The van der Waals surface area contributed by atoms with Crippen LogP contribution in [0.5, 0.6) is 5.75 Å². The number of carbonyl (C=O) groups excluding carboxylic acids is 1. The summed E-state index contributed by atoms with van der Waals surface area (Å²) in [5, 5.41) is 4.36. The Morgan fingerprint density at radius 1 is 1.00 bits per heavy atom. The minimum atomic E-state index is 0.195. The molecule has 1 amide bonds. The van der Waals surface area contributed by atoms with Gasteiger partial charge in [-0.25, -0.2) is 0 Å². The lowest BCUT2D eigenvalue weighted by Crippen LogP contribution is -2.46. The molecule has 1 N–H and O–H groups in total. The number of piperidine rings is 1. The minimum Gasteiger partial charge on any atom is -0.494 e. The Morgan fingerprint density at radius 3 is 2.27 bits per heavy atom. The number of ether oxygens (including phenoxy) is 1. The zero-order valence-electron chi connectivity index (χ0n) is 19.5. The monoisotopic (exact) mass is 465 g/mol. The number of nitrogens with zero attached hydrogens (tertiary/aromatic N) is 2. The maximum atomic E-state index is 12.7. The summed E-state index contributed by atoms with van der Waals surface area (Å²) >= 11 is 5.74. The number of thiocarbonyl (C=S) groups is 1. The van der Waals surface area contributed by atoms with Gasteiger partial charge in [-0.2, -0.15) is 0 Å². The quantitative estimate of drug-likeness (QED) is 0.470. The first-order chi connectivity index (χ1) is 16.0. The van der Waals surface area contributed by atoms with Crippen LogP contribution in [0.1, 0.15) is 50.6 Å². The fourth-order valence-electron chi connectivity index (χ4n) is 4.94. The molecule has 33 heavy (non-hydrogen) atoms. The molecule has 4 rings (SSSR count). The number of likely N-dealkylation sites (tertiary alicyclic amines) is 2. The summed E-state index contributed by atoms with van der Waals surface area (Å²) in [5.74, 6) is 1.12. The molecule has 1 atom stereocenters. The molecule has 0 radical (unpaired) electrons. The first-order valence-corrected chi connectivity index (χ1v) is 12.5. The summed E-state index contributed by atoms with van der Waals surface area (Å²) in [6, 6.07) is 20.4. The predicted octanol–water partition coefficient (Wildman–Crippen LogP) is 4.80. The maximum Gasteiger partial charge on any atom is 0.222 e. The lowest BCUT2D eigenvalue weighted by molar-refractivity contribution is -0.133. The zero-order chi connectivity index (χ0) is 23.1. The van der Waals surface area contributed by atoms with Gasteiger partial charge in [0.1, 0.15) is 5.75 Å². The van der Waals surface area contributed by atoms with Crippen molar-refractivity contribution in [1.82, 2.24) is 15.1 Å². The van der Waals surface area contributed by atoms with Crippen LogP contribution in [0.2, 0.25) is 0 Å². The fraction of sp³-hybridized carbons (Fsp3) is 0.481. The first-order valence-electron chi connectivity index (χ1n) is 12.1. The lowest BCUT2D eigenvalue weighted by Gasteiger charge is -2.39. The van der Waals surface area contributed by atoms with Gasteiger partial charge in [0.25, 0.3) is 0 Å². The Labute approximate surface area is 203 Å². The Morgan fingerprint density at radius 2 is 1.61 bits per heavy atom. The summed E-state index contributed by atoms with van der Waals surface area (Å²) in [6.07, 6.45) is 4.58. The summed E-state index contributed by atoms with van der Waals surface area (Å²) < 4.78 is 5.72. The van der Waals surface area contributed by atoms with Gasteiger partial charge in [-0.05, 0) is 67.9 Å². The van der Waals surface area contributed by atoms with Crippen molar-refractivity contribution in [2.24, 2.45) is 5.41 Å². The summed E-state index contributed by atoms with van der Waals surface area (Å²) in [5.41, 5.74) is 1.53. The molecule has 0 aromatic heterocycles. The van der Waals surface area contributed by atoms with Gasteiger partial charge in [0.05, 0.1) is 12.6 Å². The van der Waals surface area contributed by atoms with Crippen molar-refractivity contribution in [3.8, 4) is 5.75 Å². The van der Waals surface area contributed by atoms with E-state index in [1.807, 2.05) is 41.3 Å². The highest BCUT2D eigenvalue weighted by Crippen LogP contribution is 2.40. The normalized spacial score (nSPS) is 18.2. The van der Waals surface area contributed by atoms with E-state index in [1.54, 1.807) is 0 Å². The molecule has 6 heteroatoms. The average Bonchev–Trinajstić information content (AvgIpc) is 3.27. The highest BCUT2D eigenvalue weighted by Gasteiger charge is 2.42. The van der Waals surface area contributed by atoms with E-state index in [0.29, 0.717) is 13.0 Å². The van der Waals surface area contributed by atoms with E-state index in [1.165, 1.54) is 5.56 Å². The maximum absolute atomic E-state index is 12.7. The largest absolute Gasteiger partial charge is 0.494 e. The first kappa shape index (κ1) is 23.6. The summed E-state index contributed by atoms with van der Waals surface area (Å²) in [4.78, 5) is 17.0. The molecular weight excluding hydrogens is 430 g/mol. The summed E-state index contributed by atoms with van der Waals surface area (Å²) in [7, 11) is 0. The lowest BCUT2D eigenvalue weighted by atomic mass is 9.77. The van der Waals surface area contributed by atoms with Crippen molar-refractivity contribution < 1.29 is 9.53 Å². The SMILES string of the molecule is CC(NC(=S)N1CCC2(CCN(C(=O)CCCOc3ccccc3)CC2)C1)c1ccccc1. The van der Waals surface area contributed by atoms with Gasteiger partial charge in [0, 0.05) is 32.6 Å². The van der Waals surface area contributed by atoms with Gasteiger partial charge in [-0.15, -0.1) is 0 Å². The van der Waals surface area contributed by atoms with Crippen molar-refractivity contribution in [2.45, 2.75) is 45.1 Å².